The molecule has 0 aromatic heterocycles. The molecule has 2 nitrogen and oxygen atoms in total. The highest BCUT2D eigenvalue weighted by atomic mass is 14.8. The SMILES string of the molecule is NCC1CCCNCCC1. The molecule has 1 aliphatic heterocycles. The zero-order valence-corrected chi connectivity index (χ0v) is 6.60. The molecule has 0 amide bonds. The van der Waals surface area contributed by atoms with Gasteiger partial charge < -0.3 is 11.1 Å². The Kier molecular flexibility index (Phi) is 3.76. The molecule has 10 heavy (non-hydrogen) atoms. The number of nitrogens with one attached hydrogen (secondary N) is 1. The van der Waals surface area contributed by atoms with Crippen molar-refractivity contribution in [1.29, 1.82) is 0 Å². The normalized spacial score (nSPS) is 23.7. The van der Waals surface area contributed by atoms with E-state index in [2.05, 4.69) is 5.32 Å². The van der Waals surface area contributed by atoms with Crippen LogP contribution in [0.3, 0.4) is 0 Å². The monoisotopic (exact) mass is 142 g/mol. The van der Waals surface area contributed by atoms with Gasteiger partial charge in [-0.05, 0) is 51.2 Å². The second kappa shape index (κ2) is 4.69. The van der Waals surface area contributed by atoms with Crippen LogP contribution >= 0.6 is 0 Å². The van der Waals surface area contributed by atoms with Crippen LogP contribution in [0.1, 0.15) is 25.7 Å². The lowest BCUT2D eigenvalue weighted by Gasteiger charge is -2.17. The van der Waals surface area contributed by atoms with E-state index in [9.17, 15) is 0 Å². The molecule has 0 aliphatic carbocycles. The summed E-state index contributed by atoms with van der Waals surface area (Å²) < 4.78 is 0. The fraction of sp³-hybridized carbons (Fsp3) is 1.00. The molecular formula is C8H18N2. The van der Waals surface area contributed by atoms with Crippen LogP contribution < -0.4 is 11.1 Å². The molecule has 1 saturated heterocycles. The Morgan fingerprint density at radius 1 is 1.20 bits per heavy atom. The second-order valence-corrected chi connectivity index (χ2v) is 3.14. The van der Waals surface area contributed by atoms with Crippen molar-refractivity contribution in [1.82, 2.24) is 5.32 Å². The number of hydrogen-bond donors (Lipinski definition) is 2. The topological polar surface area (TPSA) is 38.0 Å². The average molecular weight is 142 g/mol. The van der Waals surface area contributed by atoms with Crippen molar-refractivity contribution in [2.75, 3.05) is 19.6 Å². The summed E-state index contributed by atoms with van der Waals surface area (Å²) in [5.41, 5.74) is 5.60. The summed E-state index contributed by atoms with van der Waals surface area (Å²) in [6, 6.07) is 0. The lowest BCUT2D eigenvalue weighted by atomic mass is 9.96. The molecule has 0 atom stereocenters. The molecule has 1 fully saturated rings. The first kappa shape index (κ1) is 8.02. The Morgan fingerprint density at radius 2 is 1.80 bits per heavy atom. The summed E-state index contributed by atoms with van der Waals surface area (Å²) in [4.78, 5) is 0. The Balaban J connectivity index is 2.16. The highest BCUT2D eigenvalue weighted by molar-refractivity contribution is 4.65. The Labute approximate surface area is 63.2 Å². The van der Waals surface area contributed by atoms with Crippen molar-refractivity contribution in [3.8, 4) is 0 Å². The van der Waals surface area contributed by atoms with E-state index >= 15 is 0 Å². The molecule has 0 spiro atoms. The first-order valence-electron chi connectivity index (χ1n) is 4.34. The molecule has 0 aromatic carbocycles. The van der Waals surface area contributed by atoms with E-state index in [1.54, 1.807) is 0 Å². The quantitative estimate of drug-likeness (QED) is 0.566. The minimum absolute atomic E-state index is 0.807. The van der Waals surface area contributed by atoms with Crippen LogP contribution in [0, 0.1) is 5.92 Å². The fourth-order valence-corrected chi connectivity index (χ4v) is 1.54. The predicted molar refractivity (Wildman–Crippen MR) is 43.9 cm³/mol. The van der Waals surface area contributed by atoms with Crippen LogP contribution in [0.15, 0.2) is 0 Å². The summed E-state index contributed by atoms with van der Waals surface area (Å²) in [5, 5.41) is 3.39. The molecular weight excluding hydrogens is 124 g/mol. The van der Waals surface area contributed by atoms with Crippen LogP contribution in [0.5, 0.6) is 0 Å². The summed E-state index contributed by atoms with van der Waals surface area (Å²) in [6.07, 6.45) is 5.26. The van der Waals surface area contributed by atoms with E-state index in [4.69, 9.17) is 5.73 Å². The summed E-state index contributed by atoms with van der Waals surface area (Å²) in [7, 11) is 0. The Morgan fingerprint density at radius 3 is 2.30 bits per heavy atom. The molecule has 2 heteroatoms. The third-order valence-corrected chi connectivity index (χ3v) is 2.27. The van der Waals surface area contributed by atoms with Crippen molar-refractivity contribution >= 4 is 0 Å². The molecule has 0 aromatic rings. The van der Waals surface area contributed by atoms with Gasteiger partial charge in [0, 0.05) is 0 Å². The molecule has 3 N–H and O–H groups in total. The summed E-state index contributed by atoms with van der Waals surface area (Å²) in [5.74, 6) is 0.807. The van der Waals surface area contributed by atoms with Gasteiger partial charge in [0.25, 0.3) is 0 Å². The molecule has 1 aliphatic rings. The fourth-order valence-electron chi connectivity index (χ4n) is 1.54. The second-order valence-electron chi connectivity index (χ2n) is 3.14. The predicted octanol–water partition coefficient (Wildman–Crippen LogP) is 0.725. The van der Waals surface area contributed by atoms with Gasteiger partial charge in [-0.3, -0.25) is 0 Å². The first-order chi connectivity index (χ1) is 4.93. The molecule has 0 saturated carbocycles. The largest absolute Gasteiger partial charge is 0.330 e. The Hall–Kier alpha value is -0.0800. The van der Waals surface area contributed by atoms with Gasteiger partial charge in [0.05, 0.1) is 0 Å². The molecule has 1 rings (SSSR count). The van der Waals surface area contributed by atoms with Crippen molar-refractivity contribution in [2.24, 2.45) is 11.7 Å². The van der Waals surface area contributed by atoms with Gasteiger partial charge in [-0.2, -0.15) is 0 Å². The summed E-state index contributed by atoms with van der Waals surface area (Å²) >= 11 is 0. The van der Waals surface area contributed by atoms with E-state index in [-0.39, 0.29) is 0 Å². The maximum Gasteiger partial charge on any atom is -0.00488 e. The number of rotatable bonds is 1. The third kappa shape index (κ3) is 2.67. The lowest BCUT2D eigenvalue weighted by molar-refractivity contribution is 0.394. The summed E-state index contributed by atoms with van der Waals surface area (Å²) in [6.45, 7) is 3.27. The van der Waals surface area contributed by atoms with Crippen molar-refractivity contribution in [3.63, 3.8) is 0 Å². The van der Waals surface area contributed by atoms with Gasteiger partial charge in [-0.1, -0.05) is 0 Å². The maximum absolute atomic E-state index is 5.60. The van der Waals surface area contributed by atoms with Crippen LogP contribution in [0.25, 0.3) is 0 Å². The van der Waals surface area contributed by atoms with Crippen LogP contribution in [0.2, 0.25) is 0 Å². The number of hydrogen-bond acceptors (Lipinski definition) is 2. The van der Waals surface area contributed by atoms with Crippen molar-refractivity contribution in [3.05, 3.63) is 0 Å². The van der Waals surface area contributed by atoms with E-state index < -0.39 is 0 Å². The first-order valence-corrected chi connectivity index (χ1v) is 4.34. The molecule has 0 bridgehead atoms. The number of nitrogens with two attached hydrogens (primary N) is 1. The Bertz CT molecular complexity index is 75.3. The van der Waals surface area contributed by atoms with Gasteiger partial charge in [0.2, 0.25) is 0 Å². The van der Waals surface area contributed by atoms with Gasteiger partial charge in [0.15, 0.2) is 0 Å². The van der Waals surface area contributed by atoms with E-state index in [1.807, 2.05) is 0 Å². The minimum atomic E-state index is 0.807. The smallest absolute Gasteiger partial charge is 0.00488 e. The average Bonchev–Trinajstić information content (AvgIpc) is 1.87. The third-order valence-electron chi connectivity index (χ3n) is 2.27. The molecule has 0 radical (unpaired) electrons. The van der Waals surface area contributed by atoms with E-state index in [0.29, 0.717) is 0 Å². The zero-order chi connectivity index (χ0) is 7.23. The highest BCUT2D eigenvalue weighted by Crippen LogP contribution is 2.12. The maximum atomic E-state index is 5.60. The minimum Gasteiger partial charge on any atom is -0.330 e. The van der Waals surface area contributed by atoms with Gasteiger partial charge >= 0.3 is 0 Å². The highest BCUT2D eigenvalue weighted by Gasteiger charge is 2.07. The van der Waals surface area contributed by atoms with Gasteiger partial charge in [-0.25, -0.2) is 0 Å². The van der Waals surface area contributed by atoms with Crippen LogP contribution in [-0.2, 0) is 0 Å². The van der Waals surface area contributed by atoms with Crippen molar-refractivity contribution < 1.29 is 0 Å². The lowest BCUT2D eigenvalue weighted by Crippen LogP contribution is -2.24. The molecule has 0 unspecified atom stereocenters. The van der Waals surface area contributed by atoms with E-state index in [1.165, 1.54) is 38.8 Å². The zero-order valence-electron chi connectivity index (χ0n) is 6.60. The van der Waals surface area contributed by atoms with E-state index in [0.717, 1.165) is 12.5 Å². The van der Waals surface area contributed by atoms with Crippen LogP contribution in [0.4, 0.5) is 0 Å². The van der Waals surface area contributed by atoms with Crippen molar-refractivity contribution in [2.45, 2.75) is 25.7 Å². The molecule has 60 valence electrons. The van der Waals surface area contributed by atoms with Gasteiger partial charge in [0.1, 0.15) is 0 Å². The molecule has 1 heterocycles. The standard InChI is InChI=1S/C8H18N2/c9-7-8-3-1-5-10-6-2-4-8/h8,10H,1-7,9H2. The van der Waals surface area contributed by atoms with Gasteiger partial charge in [-0.15, -0.1) is 0 Å². The van der Waals surface area contributed by atoms with Crippen LogP contribution in [-0.4, -0.2) is 19.6 Å².